The number of aryl methyl sites for hydroxylation is 3. The third-order valence-electron chi connectivity index (χ3n) is 4.18. The zero-order chi connectivity index (χ0) is 20.3. The Bertz CT molecular complexity index is 994. The predicted octanol–water partition coefficient (Wildman–Crippen LogP) is 6.85. The van der Waals surface area contributed by atoms with E-state index in [4.69, 9.17) is 23.2 Å². The molecular formula is C21H20Cl2N2OS2. The van der Waals surface area contributed by atoms with Gasteiger partial charge < -0.3 is 5.32 Å². The second-order valence-corrected chi connectivity index (χ2v) is 9.55. The molecule has 0 unspecified atom stereocenters. The Balaban J connectivity index is 1.59. The second kappa shape index (κ2) is 9.31. The number of benzene rings is 2. The lowest BCUT2D eigenvalue weighted by molar-refractivity contribution is -0.115. The maximum atomic E-state index is 12.5. The standard InChI is InChI=1S/C21H20Cl2N2OS2/c1-12-6-13(2)20(14(3)7-12)25-19(26)9-17-11-28-21(24-17)27-10-15-4-5-16(22)8-18(15)23/h4-8,11H,9-10H2,1-3H3,(H,25,26). The summed E-state index contributed by atoms with van der Waals surface area (Å²) in [6, 6.07) is 9.64. The molecule has 1 N–H and O–H groups in total. The van der Waals surface area contributed by atoms with Crippen LogP contribution in [0.4, 0.5) is 5.69 Å². The Labute approximate surface area is 183 Å². The van der Waals surface area contributed by atoms with Crippen LogP contribution in [0.2, 0.25) is 10.0 Å². The summed E-state index contributed by atoms with van der Waals surface area (Å²) in [5.41, 5.74) is 6.00. The molecule has 28 heavy (non-hydrogen) atoms. The van der Waals surface area contributed by atoms with Crippen molar-refractivity contribution in [2.24, 2.45) is 0 Å². The number of aromatic nitrogens is 1. The van der Waals surface area contributed by atoms with Crippen LogP contribution in [0.25, 0.3) is 0 Å². The van der Waals surface area contributed by atoms with Gasteiger partial charge in [-0.2, -0.15) is 0 Å². The molecule has 1 aromatic heterocycles. The summed E-state index contributed by atoms with van der Waals surface area (Å²) in [5.74, 6) is 0.648. The third kappa shape index (κ3) is 5.51. The van der Waals surface area contributed by atoms with Crippen LogP contribution in [0.3, 0.4) is 0 Å². The predicted molar refractivity (Wildman–Crippen MR) is 121 cm³/mol. The molecule has 3 nitrogen and oxygen atoms in total. The van der Waals surface area contributed by atoms with Gasteiger partial charge in [-0.05, 0) is 49.6 Å². The first-order chi connectivity index (χ1) is 13.3. The highest BCUT2D eigenvalue weighted by molar-refractivity contribution is 8.00. The highest BCUT2D eigenvalue weighted by Gasteiger charge is 2.12. The molecule has 0 aliphatic heterocycles. The first-order valence-corrected chi connectivity index (χ1v) is 11.3. The normalized spacial score (nSPS) is 10.9. The van der Waals surface area contributed by atoms with Crippen LogP contribution in [-0.4, -0.2) is 10.9 Å². The van der Waals surface area contributed by atoms with Crippen LogP contribution < -0.4 is 5.32 Å². The number of carbonyl (C=O) groups excluding carboxylic acids is 1. The van der Waals surface area contributed by atoms with Gasteiger partial charge in [0.25, 0.3) is 0 Å². The van der Waals surface area contributed by atoms with Gasteiger partial charge in [0.05, 0.1) is 12.1 Å². The summed E-state index contributed by atoms with van der Waals surface area (Å²) in [5, 5.41) is 6.23. The van der Waals surface area contributed by atoms with E-state index in [1.165, 1.54) is 16.9 Å². The molecule has 0 aliphatic carbocycles. The number of anilines is 1. The fourth-order valence-electron chi connectivity index (χ4n) is 2.94. The van der Waals surface area contributed by atoms with Crippen molar-refractivity contribution in [3.63, 3.8) is 0 Å². The number of hydrogen-bond donors (Lipinski definition) is 1. The number of nitrogens with one attached hydrogen (secondary N) is 1. The lowest BCUT2D eigenvalue weighted by Gasteiger charge is -2.12. The first kappa shape index (κ1) is 21.2. The largest absolute Gasteiger partial charge is 0.325 e. The van der Waals surface area contributed by atoms with Gasteiger partial charge in [-0.1, -0.05) is 58.7 Å². The summed E-state index contributed by atoms with van der Waals surface area (Å²) < 4.78 is 0.913. The van der Waals surface area contributed by atoms with Gasteiger partial charge in [-0.3, -0.25) is 4.79 Å². The number of rotatable bonds is 6. The molecule has 0 atom stereocenters. The Hall–Kier alpha value is -1.53. The molecule has 2 aromatic carbocycles. The summed E-state index contributed by atoms with van der Waals surface area (Å²) >= 11 is 15.3. The first-order valence-electron chi connectivity index (χ1n) is 8.70. The minimum atomic E-state index is -0.0577. The number of nitrogens with zero attached hydrogens (tertiary/aromatic N) is 1. The molecule has 0 aliphatic rings. The van der Waals surface area contributed by atoms with E-state index in [-0.39, 0.29) is 12.3 Å². The molecule has 146 valence electrons. The summed E-state index contributed by atoms with van der Waals surface area (Å²) in [4.78, 5) is 17.0. The second-order valence-electron chi connectivity index (χ2n) is 6.63. The monoisotopic (exact) mass is 450 g/mol. The molecule has 3 rings (SSSR count). The van der Waals surface area contributed by atoms with Gasteiger partial charge in [0.1, 0.15) is 4.34 Å². The highest BCUT2D eigenvalue weighted by atomic mass is 35.5. The zero-order valence-corrected chi connectivity index (χ0v) is 19.0. The number of thiazole rings is 1. The minimum absolute atomic E-state index is 0.0577. The molecule has 0 saturated carbocycles. The molecule has 1 heterocycles. The zero-order valence-electron chi connectivity index (χ0n) is 15.8. The van der Waals surface area contributed by atoms with Crippen LogP contribution in [-0.2, 0) is 17.0 Å². The summed E-state index contributed by atoms with van der Waals surface area (Å²) in [6.45, 7) is 6.07. The molecule has 0 spiro atoms. The topological polar surface area (TPSA) is 42.0 Å². The number of halogens is 2. The average molecular weight is 451 g/mol. The van der Waals surface area contributed by atoms with Crippen molar-refractivity contribution < 1.29 is 4.79 Å². The lowest BCUT2D eigenvalue weighted by atomic mass is 10.0. The van der Waals surface area contributed by atoms with Crippen molar-refractivity contribution in [3.8, 4) is 0 Å². The van der Waals surface area contributed by atoms with Gasteiger partial charge >= 0.3 is 0 Å². The van der Waals surface area contributed by atoms with Gasteiger partial charge in [-0.25, -0.2) is 4.98 Å². The number of hydrogen-bond acceptors (Lipinski definition) is 4. The van der Waals surface area contributed by atoms with Crippen molar-refractivity contribution >= 4 is 57.9 Å². The van der Waals surface area contributed by atoms with Crippen LogP contribution in [0, 0.1) is 20.8 Å². The van der Waals surface area contributed by atoms with Crippen LogP contribution in [0.15, 0.2) is 40.1 Å². The third-order valence-corrected chi connectivity index (χ3v) is 6.89. The number of thioether (sulfide) groups is 1. The Morgan fingerprint density at radius 1 is 1.14 bits per heavy atom. The van der Waals surface area contributed by atoms with Crippen molar-refractivity contribution in [2.45, 2.75) is 37.3 Å². The van der Waals surface area contributed by atoms with Crippen LogP contribution >= 0.6 is 46.3 Å². The summed E-state index contributed by atoms with van der Waals surface area (Å²) in [7, 11) is 0. The molecule has 0 radical (unpaired) electrons. The van der Waals surface area contributed by atoms with Crippen LogP contribution in [0.1, 0.15) is 27.9 Å². The van der Waals surface area contributed by atoms with Crippen molar-refractivity contribution in [1.82, 2.24) is 4.98 Å². The fraction of sp³-hybridized carbons (Fsp3) is 0.238. The van der Waals surface area contributed by atoms with Gasteiger partial charge in [0.2, 0.25) is 5.91 Å². The molecule has 1 amide bonds. The summed E-state index contributed by atoms with van der Waals surface area (Å²) in [6.07, 6.45) is 0.255. The Kier molecular flexibility index (Phi) is 7.05. The molecule has 0 saturated heterocycles. The maximum absolute atomic E-state index is 12.5. The molecule has 0 fully saturated rings. The van der Waals surface area contributed by atoms with E-state index in [2.05, 4.69) is 29.4 Å². The SMILES string of the molecule is Cc1cc(C)c(NC(=O)Cc2csc(SCc3ccc(Cl)cc3Cl)n2)c(C)c1. The lowest BCUT2D eigenvalue weighted by Crippen LogP contribution is -2.16. The highest BCUT2D eigenvalue weighted by Crippen LogP contribution is 2.30. The fourth-order valence-corrected chi connectivity index (χ4v) is 5.34. The van der Waals surface area contributed by atoms with E-state index in [9.17, 15) is 4.79 Å². The van der Waals surface area contributed by atoms with E-state index in [1.807, 2.05) is 31.4 Å². The van der Waals surface area contributed by atoms with Gasteiger partial charge in [-0.15, -0.1) is 11.3 Å². The van der Waals surface area contributed by atoms with Crippen molar-refractivity contribution in [1.29, 1.82) is 0 Å². The Morgan fingerprint density at radius 3 is 2.54 bits per heavy atom. The molecule has 0 bridgehead atoms. The molecular weight excluding hydrogens is 431 g/mol. The number of amides is 1. The minimum Gasteiger partial charge on any atom is -0.325 e. The molecule has 7 heteroatoms. The van der Waals surface area contributed by atoms with Gasteiger partial charge in [0, 0.05) is 26.9 Å². The van der Waals surface area contributed by atoms with Crippen molar-refractivity contribution in [3.05, 3.63) is 73.7 Å². The smallest absolute Gasteiger partial charge is 0.230 e. The van der Waals surface area contributed by atoms with Gasteiger partial charge in [0.15, 0.2) is 0 Å². The van der Waals surface area contributed by atoms with E-state index >= 15 is 0 Å². The maximum Gasteiger partial charge on any atom is 0.230 e. The van der Waals surface area contributed by atoms with E-state index in [1.54, 1.807) is 17.8 Å². The average Bonchev–Trinajstić information content (AvgIpc) is 3.04. The van der Waals surface area contributed by atoms with E-state index < -0.39 is 0 Å². The van der Waals surface area contributed by atoms with E-state index in [0.29, 0.717) is 15.8 Å². The number of carbonyl (C=O) groups is 1. The van der Waals surface area contributed by atoms with E-state index in [0.717, 1.165) is 32.4 Å². The molecule has 3 aromatic rings. The quantitative estimate of drug-likeness (QED) is 0.417. The van der Waals surface area contributed by atoms with Crippen molar-refractivity contribution in [2.75, 3.05) is 5.32 Å². The van der Waals surface area contributed by atoms with Crippen LogP contribution in [0.5, 0.6) is 0 Å². The Morgan fingerprint density at radius 2 is 1.86 bits per heavy atom.